The Morgan fingerprint density at radius 1 is 1.55 bits per heavy atom. The average Bonchev–Trinajstić information content (AvgIpc) is 2.38. The van der Waals surface area contributed by atoms with Gasteiger partial charge in [0.1, 0.15) is 6.07 Å². The second kappa shape index (κ2) is 6.93. The summed E-state index contributed by atoms with van der Waals surface area (Å²) in [6.07, 6.45) is 0. The molecule has 0 aromatic heterocycles. The van der Waals surface area contributed by atoms with Gasteiger partial charge in [-0.3, -0.25) is 4.79 Å². The molecule has 106 valence electrons. The molecule has 0 aliphatic rings. The number of thiocarbonyl (C=S) groups is 1. The van der Waals surface area contributed by atoms with Gasteiger partial charge in [-0.1, -0.05) is 13.8 Å². The summed E-state index contributed by atoms with van der Waals surface area (Å²) in [7, 11) is 0. The maximum absolute atomic E-state index is 11.5. The van der Waals surface area contributed by atoms with Crippen LogP contribution in [0.3, 0.4) is 0 Å². The molecule has 1 amide bonds. The highest BCUT2D eigenvalue weighted by molar-refractivity contribution is 7.80. The minimum Gasteiger partial charge on any atom is -0.595 e. The Hall–Kier alpha value is -2.05. The van der Waals surface area contributed by atoms with Gasteiger partial charge in [0.05, 0.1) is 11.3 Å². The molecule has 1 unspecified atom stereocenters. The Morgan fingerprint density at radius 2 is 2.20 bits per heavy atom. The fourth-order valence-corrected chi connectivity index (χ4v) is 1.50. The van der Waals surface area contributed by atoms with Gasteiger partial charge < -0.3 is 15.8 Å². The van der Waals surface area contributed by atoms with E-state index in [9.17, 15) is 10.0 Å². The van der Waals surface area contributed by atoms with Gasteiger partial charge in [-0.05, 0) is 18.3 Å². The van der Waals surface area contributed by atoms with Crippen LogP contribution in [0.4, 0.5) is 11.4 Å². The monoisotopic (exact) mass is 294 g/mol. The molecule has 0 radical (unpaired) electrons. The maximum Gasteiger partial charge on any atom is 0.228 e. The van der Waals surface area contributed by atoms with Gasteiger partial charge in [0.15, 0.2) is 10.8 Å². The Balaban J connectivity index is 2.85. The van der Waals surface area contributed by atoms with Gasteiger partial charge >= 0.3 is 0 Å². The van der Waals surface area contributed by atoms with E-state index in [1.54, 1.807) is 13.8 Å². The lowest BCUT2D eigenvalue weighted by molar-refractivity contribution is -0.991. The summed E-state index contributed by atoms with van der Waals surface area (Å²) in [5, 5.41) is 32.8. The van der Waals surface area contributed by atoms with E-state index in [0.29, 0.717) is 5.69 Å². The fourth-order valence-electron chi connectivity index (χ4n) is 1.29. The first-order valence-electron chi connectivity index (χ1n) is 5.74. The smallest absolute Gasteiger partial charge is 0.228 e. The van der Waals surface area contributed by atoms with Crippen LogP contribution in [0.15, 0.2) is 18.2 Å². The molecule has 8 heteroatoms. The van der Waals surface area contributed by atoms with Crippen LogP contribution >= 0.6 is 12.2 Å². The maximum atomic E-state index is 11.5. The van der Waals surface area contributed by atoms with Crippen LogP contribution in [-0.4, -0.2) is 16.2 Å². The molecule has 7 nitrogen and oxygen atoms in total. The van der Waals surface area contributed by atoms with Crippen LogP contribution < -0.4 is 15.9 Å². The third-order valence-electron chi connectivity index (χ3n) is 2.40. The Labute approximate surface area is 121 Å². The normalized spacial score (nSPS) is 11.6. The van der Waals surface area contributed by atoms with Crippen LogP contribution in [0, 0.1) is 22.5 Å². The van der Waals surface area contributed by atoms with Crippen molar-refractivity contribution in [3.63, 3.8) is 0 Å². The zero-order chi connectivity index (χ0) is 15.3. The number of amides is 1. The van der Waals surface area contributed by atoms with Crippen LogP contribution in [0.25, 0.3) is 0 Å². The number of rotatable bonds is 3. The summed E-state index contributed by atoms with van der Waals surface area (Å²) in [6.45, 7) is 3.45. The van der Waals surface area contributed by atoms with Crippen molar-refractivity contribution in [3.8, 4) is 6.07 Å². The lowest BCUT2D eigenvalue weighted by Crippen LogP contribution is -2.99. The SMILES string of the molecule is CC(C)C(=O)NC(=S)Nc1ccc([NH+]([O-])O)cc1C#N. The zero-order valence-corrected chi connectivity index (χ0v) is 11.7. The summed E-state index contributed by atoms with van der Waals surface area (Å²) in [6, 6.07) is 5.88. The molecule has 20 heavy (non-hydrogen) atoms. The van der Waals surface area contributed by atoms with Crippen LogP contribution in [-0.2, 0) is 4.79 Å². The second-order valence-corrected chi connectivity index (χ2v) is 4.68. The molecule has 4 N–H and O–H groups in total. The minimum absolute atomic E-state index is 0.00392. The van der Waals surface area contributed by atoms with Gasteiger partial charge in [-0.15, -0.1) is 0 Å². The molecule has 0 spiro atoms. The van der Waals surface area contributed by atoms with Crippen molar-refractivity contribution in [1.82, 2.24) is 5.32 Å². The van der Waals surface area contributed by atoms with Crippen LogP contribution in [0.5, 0.6) is 0 Å². The third kappa shape index (κ3) is 4.25. The highest BCUT2D eigenvalue weighted by Gasteiger charge is 2.12. The van der Waals surface area contributed by atoms with E-state index in [2.05, 4.69) is 10.6 Å². The van der Waals surface area contributed by atoms with Crippen LogP contribution in [0.1, 0.15) is 19.4 Å². The average molecular weight is 294 g/mol. The van der Waals surface area contributed by atoms with Crippen molar-refractivity contribution in [3.05, 3.63) is 29.0 Å². The van der Waals surface area contributed by atoms with E-state index in [0.717, 1.165) is 0 Å². The molecule has 0 bridgehead atoms. The minimum atomic E-state index is -1.12. The van der Waals surface area contributed by atoms with Crippen molar-refractivity contribution < 1.29 is 15.2 Å². The molecular weight excluding hydrogens is 280 g/mol. The lowest BCUT2D eigenvalue weighted by Gasteiger charge is -2.15. The fraction of sp³-hybridized carbons (Fsp3) is 0.250. The lowest BCUT2D eigenvalue weighted by atomic mass is 10.1. The third-order valence-corrected chi connectivity index (χ3v) is 2.60. The van der Waals surface area contributed by atoms with E-state index < -0.39 is 5.23 Å². The summed E-state index contributed by atoms with van der Waals surface area (Å²) >= 11 is 4.95. The Bertz CT molecular complexity index is 566. The number of anilines is 1. The molecule has 0 aliphatic carbocycles. The molecule has 0 saturated carbocycles. The standard InChI is InChI=1S/C12H14N4O3S/c1-7(2)11(17)15-12(20)14-10-4-3-9(16(18)19)5-8(10)6-13/h3-5,7,16,18H,1-2H3,(H2,14,15,17,20). The van der Waals surface area contributed by atoms with Gasteiger partial charge in [-0.25, -0.2) is 5.21 Å². The quantitative estimate of drug-likeness (QED) is 0.475. The number of nitriles is 1. The molecule has 0 fully saturated rings. The van der Waals surface area contributed by atoms with E-state index in [1.807, 2.05) is 6.07 Å². The molecule has 1 rings (SSSR count). The zero-order valence-electron chi connectivity index (χ0n) is 10.9. The van der Waals surface area contributed by atoms with Gasteiger partial charge in [-0.2, -0.15) is 10.5 Å². The number of hydrogen-bond donors (Lipinski definition) is 4. The molecular formula is C12H14N4O3S. The first kappa shape index (κ1) is 16.0. The first-order valence-corrected chi connectivity index (χ1v) is 6.15. The largest absolute Gasteiger partial charge is 0.595 e. The van der Waals surface area contributed by atoms with Crippen LogP contribution in [0.2, 0.25) is 0 Å². The Morgan fingerprint density at radius 3 is 2.70 bits per heavy atom. The number of quaternary nitrogens is 1. The summed E-state index contributed by atoms with van der Waals surface area (Å²) in [4.78, 5) is 11.5. The highest BCUT2D eigenvalue weighted by Crippen LogP contribution is 2.17. The number of benzene rings is 1. The highest BCUT2D eigenvalue weighted by atomic mass is 32.1. The number of nitrogens with one attached hydrogen (secondary N) is 3. The second-order valence-electron chi connectivity index (χ2n) is 4.28. The van der Waals surface area contributed by atoms with Crippen molar-refractivity contribution in [2.24, 2.45) is 5.92 Å². The predicted molar refractivity (Wildman–Crippen MR) is 76.1 cm³/mol. The number of nitrogens with zero attached hydrogens (tertiary/aromatic N) is 1. The Kier molecular flexibility index (Phi) is 5.54. The number of hydrogen-bond acceptors (Lipinski definition) is 5. The molecule has 0 heterocycles. The van der Waals surface area contributed by atoms with Crippen molar-refractivity contribution in [2.45, 2.75) is 13.8 Å². The molecule has 1 atom stereocenters. The van der Waals surface area contributed by atoms with Crippen molar-refractivity contribution in [2.75, 3.05) is 5.32 Å². The van der Waals surface area contributed by atoms with Crippen molar-refractivity contribution in [1.29, 1.82) is 5.26 Å². The van der Waals surface area contributed by atoms with E-state index in [4.69, 9.17) is 22.7 Å². The number of carbonyl (C=O) groups excluding carboxylic acids is 1. The summed E-state index contributed by atoms with van der Waals surface area (Å²) in [5.41, 5.74) is 0.474. The van der Waals surface area contributed by atoms with E-state index in [-0.39, 0.29) is 28.2 Å². The van der Waals surface area contributed by atoms with Gasteiger partial charge in [0, 0.05) is 18.1 Å². The molecule has 0 saturated heterocycles. The van der Waals surface area contributed by atoms with E-state index >= 15 is 0 Å². The van der Waals surface area contributed by atoms with Gasteiger partial charge in [0.2, 0.25) is 5.91 Å². The van der Waals surface area contributed by atoms with Crippen molar-refractivity contribution >= 4 is 34.6 Å². The van der Waals surface area contributed by atoms with E-state index in [1.165, 1.54) is 18.2 Å². The van der Waals surface area contributed by atoms with Gasteiger partial charge in [0.25, 0.3) is 0 Å². The first-order chi connectivity index (χ1) is 9.35. The summed E-state index contributed by atoms with van der Waals surface area (Å²) < 4.78 is 0. The predicted octanol–water partition coefficient (Wildman–Crippen LogP) is 0.431. The summed E-state index contributed by atoms with van der Waals surface area (Å²) in [5.74, 6) is -0.470. The molecule has 0 aliphatic heterocycles. The number of carbonyl (C=O) groups is 1. The topological polar surface area (TPSA) is 113 Å². The molecule has 1 aromatic rings. The molecule has 1 aromatic carbocycles.